The second kappa shape index (κ2) is 6.44. The smallest absolute Gasteiger partial charge is 0.300 e. The zero-order chi connectivity index (χ0) is 10.4. The van der Waals surface area contributed by atoms with Gasteiger partial charge in [-0.2, -0.15) is 10.2 Å². The summed E-state index contributed by atoms with van der Waals surface area (Å²) in [6.07, 6.45) is 3.52. The number of rotatable bonds is 0. The van der Waals surface area contributed by atoms with E-state index in [9.17, 15) is 0 Å². The van der Waals surface area contributed by atoms with E-state index in [2.05, 4.69) is 10.2 Å². The molecule has 1 aromatic carbocycles. The topological polar surface area (TPSA) is 94.6 Å². The van der Waals surface area contributed by atoms with Gasteiger partial charge >= 0.3 is 0 Å². The van der Waals surface area contributed by atoms with Gasteiger partial charge in [-0.05, 0) is 0 Å². The van der Waals surface area contributed by atoms with Crippen LogP contribution < -0.4 is 0 Å². The number of aromatic nitrogens is 2. The van der Waals surface area contributed by atoms with Crippen molar-refractivity contribution >= 4 is 16.7 Å². The molecule has 0 aliphatic heterocycles. The van der Waals surface area contributed by atoms with E-state index in [1.165, 1.54) is 0 Å². The molecule has 15 heavy (non-hydrogen) atoms. The Morgan fingerprint density at radius 1 is 1.13 bits per heavy atom. The maximum absolute atomic E-state index is 9.00. The van der Waals surface area contributed by atoms with Crippen molar-refractivity contribution in [3.8, 4) is 0 Å². The van der Waals surface area contributed by atoms with Crippen molar-refractivity contribution in [2.24, 2.45) is 0 Å². The Bertz CT molecular complexity index is 362. The second-order valence-electron chi connectivity index (χ2n) is 2.64. The standard InChI is InChI=1S/C8H6N2.C2H4O2.H2O/c1-2-4-8-6-10-9-5-7(8)3-1;1-2(3)4;/h1-6H;1H3,(H,3,4);1H2. The molecule has 0 unspecified atom stereocenters. The van der Waals surface area contributed by atoms with Gasteiger partial charge in [-0.1, -0.05) is 24.3 Å². The van der Waals surface area contributed by atoms with Crippen LogP contribution in [0, 0.1) is 0 Å². The van der Waals surface area contributed by atoms with Gasteiger partial charge in [0.2, 0.25) is 0 Å². The molecule has 0 saturated carbocycles. The van der Waals surface area contributed by atoms with Crippen molar-refractivity contribution in [2.45, 2.75) is 6.92 Å². The van der Waals surface area contributed by atoms with Gasteiger partial charge in [-0.15, -0.1) is 0 Å². The van der Waals surface area contributed by atoms with E-state index >= 15 is 0 Å². The fourth-order valence-corrected chi connectivity index (χ4v) is 0.937. The van der Waals surface area contributed by atoms with Crippen molar-refractivity contribution in [3.05, 3.63) is 36.7 Å². The lowest BCUT2D eigenvalue weighted by Crippen LogP contribution is -1.78. The van der Waals surface area contributed by atoms with Gasteiger partial charge in [-0.3, -0.25) is 4.79 Å². The minimum Gasteiger partial charge on any atom is -0.481 e. The van der Waals surface area contributed by atoms with Gasteiger partial charge in [0, 0.05) is 17.7 Å². The van der Waals surface area contributed by atoms with E-state index in [0.717, 1.165) is 17.7 Å². The van der Waals surface area contributed by atoms with Crippen LogP contribution in [-0.2, 0) is 4.79 Å². The van der Waals surface area contributed by atoms with Crippen LogP contribution in [0.3, 0.4) is 0 Å². The van der Waals surface area contributed by atoms with Crippen molar-refractivity contribution in [1.29, 1.82) is 0 Å². The summed E-state index contributed by atoms with van der Waals surface area (Å²) in [5.74, 6) is -0.833. The number of carboxylic acids is 1. The molecular formula is C10H12N2O3. The predicted octanol–water partition coefficient (Wildman–Crippen LogP) is 0.896. The zero-order valence-corrected chi connectivity index (χ0v) is 8.21. The van der Waals surface area contributed by atoms with Crippen molar-refractivity contribution in [3.63, 3.8) is 0 Å². The van der Waals surface area contributed by atoms with Gasteiger partial charge in [0.1, 0.15) is 0 Å². The highest BCUT2D eigenvalue weighted by Gasteiger charge is 1.87. The molecule has 1 aromatic heterocycles. The number of fused-ring (bicyclic) bond motifs is 1. The molecule has 0 aliphatic carbocycles. The summed E-state index contributed by atoms with van der Waals surface area (Å²) in [6, 6.07) is 8.02. The third-order valence-electron chi connectivity index (χ3n) is 1.46. The van der Waals surface area contributed by atoms with Crippen LogP contribution in [0.1, 0.15) is 6.92 Å². The molecule has 2 aromatic rings. The first-order chi connectivity index (χ1) is 6.70. The summed E-state index contributed by atoms with van der Waals surface area (Å²) < 4.78 is 0. The summed E-state index contributed by atoms with van der Waals surface area (Å²) in [5.41, 5.74) is 0. The Labute approximate surface area is 86.7 Å². The third-order valence-corrected chi connectivity index (χ3v) is 1.46. The third kappa shape index (κ3) is 4.68. The lowest BCUT2D eigenvalue weighted by Gasteiger charge is -1.90. The number of aliphatic carboxylic acids is 1. The number of hydrogen-bond donors (Lipinski definition) is 1. The zero-order valence-electron chi connectivity index (χ0n) is 8.21. The largest absolute Gasteiger partial charge is 0.481 e. The fourth-order valence-electron chi connectivity index (χ4n) is 0.937. The number of carboxylic acid groups (broad SMARTS) is 1. The van der Waals surface area contributed by atoms with E-state index < -0.39 is 5.97 Å². The molecule has 0 saturated heterocycles. The van der Waals surface area contributed by atoms with Crippen LogP contribution in [0.4, 0.5) is 0 Å². The number of hydrogen-bond acceptors (Lipinski definition) is 3. The minimum absolute atomic E-state index is 0. The summed E-state index contributed by atoms with van der Waals surface area (Å²) in [5, 5.41) is 17.2. The van der Waals surface area contributed by atoms with E-state index in [-0.39, 0.29) is 5.48 Å². The second-order valence-corrected chi connectivity index (χ2v) is 2.64. The molecule has 1 heterocycles. The molecular weight excluding hydrogens is 196 g/mol. The highest BCUT2D eigenvalue weighted by molar-refractivity contribution is 5.80. The van der Waals surface area contributed by atoms with Crippen LogP contribution in [0.15, 0.2) is 36.7 Å². The molecule has 0 radical (unpaired) electrons. The van der Waals surface area contributed by atoms with E-state index in [1.807, 2.05) is 24.3 Å². The van der Waals surface area contributed by atoms with Gasteiger partial charge in [-0.25, -0.2) is 0 Å². The average molecular weight is 208 g/mol. The molecule has 5 nitrogen and oxygen atoms in total. The maximum Gasteiger partial charge on any atom is 0.300 e. The van der Waals surface area contributed by atoms with E-state index in [4.69, 9.17) is 9.90 Å². The monoisotopic (exact) mass is 208 g/mol. The highest BCUT2D eigenvalue weighted by Crippen LogP contribution is 2.08. The lowest BCUT2D eigenvalue weighted by molar-refractivity contribution is -0.134. The number of nitrogens with zero attached hydrogens (tertiary/aromatic N) is 2. The summed E-state index contributed by atoms with van der Waals surface area (Å²) in [7, 11) is 0. The van der Waals surface area contributed by atoms with Crippen LogP contribution in [-0.4, -0.2) is 26.7 Å². The molecule has 0 atom stereocenters. The van der Waals surface area contributed by atoms with Crippen LogP contribution in [0.5, 0.6) is 0 Å². The minimum atomic E-state index is -0.833. The first-order valence-corrected chi connectivity index (χ1v) is 4.05. The lowest BCUT2D eigenvalue weighted by atomic mass is 10.2. The van der Waals surface area contributed by atoms with Crippen LogP contribution in [0.2, 0.25) is 0 Å². The summed E-state index contributed by atoms with van der Waals surface area (Å²) in [4.78, 5) is 9.00. The molecule has 3 N–H and O–H groups in total. The fraction of sp³-hybridized carbons (Fsp3) is 0.100. The van der Waals surface area contributed by atoms with Crippen molar-refractivity contribution in [1.82, 2.24) is 10.2 Å². The molecule has 0 bridgehead atoms. The molecule has 80 valence electrons. The molecule has 0 aliphatic rings. The van der Waals surface area contributed by atoms with Crippen molar-refractivity contribution < 1.29 is 15.4 Å². The Hall–Kier alpha value is -2.01. The van der Waals surface area contributed by atoms with Gasteiger partial charge in [0.05, 0.1) is 12.4 Å². The molecule has 5 heteroatoms. The summed E-state index contributed by atoms with van der Waals surface area (Å²) >= 11 is 0. The van der Waals surface area contributed by atoms with E-state index in [1.54, 1.807) is 12.4 Å². The summed E-state index contributed by atoms with van der Waals surface area (Å²) in [6.45, 7) is 1.08. The quantitative estimate of drug-likeness (QED) is 0.695. The Balaban J connectivity index is 0.000000346. The maximum atomic E-state index is 9.00. The first kappa shape index (κ1) is 13.0. The Morgan fingerprint density at radius 3 is 1.80 bits per heavy atom. The van der Waals surface area contributed by atoms with Gasteiger partial charge in [0.15, 0.2) is 0 Å². The average Bonchev–Trinajstić information content (AvgIpc) is 2.17. The first-order valence-electron chi connectivity index (χ1n) is 4.05. The SMILES string of the molecule is CC(=O)O.O.c1ccc2cnncc2c1. The van der Waals surface area contributed by atoms with Crippen LogP contribution in [0.25, 0.3) is 10.8 Å². The van der Waals surface area contributed by atoms with Gasteiger partial charge in [0.25, 0.3) is 5.97 Å². The molecule has 0 spiro atoms. The normalized spacial score (nSPS) is 8.33. The van der Waals surface area contributed by atoms with Gasteiger partial charge < -0.3 is 10.6 Å². The highest BCUT2D eigenvalue weighted by atomic mass is 16.4. The van der Waals surface area contributed by atoms with Crippen molar-refractivity contribution in [2.75, 3.05) is 0 Å². The molecule has 2 rings (SSSR count). The number of benzene rings is 1. The predicted molar refractivity (Wildman–Crippen MR) is 56.5 cm³/mol. The van der Waals surface area contributed by atoms with E-state index in [0.29, 0.717) is 0 Å². The molecule has 0 fully saturated rings. The Kier molecular flexibility index (Phi) is 5.58. The Morgan fingerprint density at radius 2 is 1.47 bits per heavy atom. The molecule has 0 amide bonds. The van der Waals surface area contributed by atoms with Crippen LogP contribution >= 0.6 is 0 Å². The number of carbonyl (C=O) groups is 1.